The number of hydrogen-bond acceptors (Lipinski definition) is 6. The Hall–Kier alpha value is -1.86. The summed E-state index contributed by atoms with van der Waals surface area (Å²) in [5.41, 5.74) is -3.54. The van der Waals surface area contributed by atoms with E-state index in [-0.39, 0.29) is 0 Å². The number of ether oxygens (including phenoxy) is 3. The van der Waals surface area contributed by atoms with Crippen LogP contribution in [0.5, 0.6) is 0 Å². The fourth-order valence-electron chi connectivity index (χ4n) is 3.11. The third kappa shape index (κ3) is 3.91. The first-order valence-corrected chi connectivity index (χ1v) is 9.03. The lowest BCUT2D eigenvalue weighted by Crippen LogP contribution is -2.62. The first kappa shape index (κ1) is 27.2. The third-order valence-corrected chi connectivity index (χ3v) is 4.77. The molecule has 6 nitrogen and oxygen atoms in total. The predicted molar refractivity (Wildman–Crippen MR) is 85.0 cm³/mol. The van der Waals surface area contributed by atoms with Crippen molar-refractivity contribution in [2.45, 2.75) is 43.9 Å². The lowest BCUT2D eigenvalue weighted by atomic mass is 9.93. The highest BCUT2D eigenvalue weighted by Gasteiger charge is 2.94. The second kappa shape index (κ2) is 8.58. The predicted octanol–water partition coefficient (Wildman–Crippen LogP) is 3.65. The number of carbonyl (C=O) groups excluding carboxylic acids is 3. The molecule has 0 aromatic rings. The molecule has 31 heavy (non-hydrogen) atoms. The summed E-state index contributed by atoms with van der Waals surface area (Å²) in [7, 11) is 0. The van der Waals surface area contributed by atoms with E-state index in [1.54, 1.807) is 0 Å². The summed E-state index contributed by atoms with van der Waals surface area (Å²) in [6, 6.07) is 0. The number of hydrogen-bond donors (Lipinski definition) is 0. The van der Waals surface area contributed by atoms with Gasteiger partial charge >= 0.3 is 41.1 Å². The Morgan fingerprint density at radius 1 is 0.774 bits per heavy atom. The second-order valence-electron chi connectivity index (χ2n) is 6.29. The summed E-state index contributed by atoms with van der Waals surface area (Å²) < 4.78 is 124. The molecule has 2 atom stereocenters. The quantitative estimate of drug-likeness (QED) is 0.152. The first-order valence-electron chi connectivity index (χ1n) is 8.65. The lowest BCUT2D eigenvalue weighted by molar-refractivity contribution is -0.354. The number of halogens is 9. The minimum Gasteiger partial charge on any atom is -0.466 e. The van der Waals surface area contributed by atoms with Crippen molar-refractivity contribution >= 4 is 29.5 Å². The fourth-order valence-corrected chi connectivity index (χ4v) is 3.23. The van der Waals surface area contributed by atoms with Gasteiger partial charge in [0.1, 0.15) is 0 Å². The molecule has 0 heterocycles. The van der Waals surface area contributed by atoms with Gasteiger partial charge < -0.3 is 14.2 Å². The molecule has 1 saturated carbocycles. The van der Waals surface area contributed by atoms with Crippen LogP contribution in [0.2, 0.25) is 0 Å². The van der Waals surface area contributed by atoms with Crippen LogP contribution in [-0.2, 0) is 28.6 Å². The van der Waals surface area contributed by atoms with Gasteiger partial charge in [0, 0.05) is 0 Å². The maximum Gasteiger partial charge on any atom is 0.392 e. The molecule has 0 radical (unpaired) electrons. The van der Waals surface area contributed by atoms with Gasteiger partial charge in [-0.3, -0.25) is 14.4 Å². The molecular weight excluding hydrogens is 476 g/mol. The van der Waals surface area contributed by atoms with Gasteiger partial charge in [0.05, 0.1) is 31.7 Å². The number of rotatable bonds is 10. The van der Waals surface area contributed by atoms with Crippen molar-refractivity contribution < 1.29 is 63.7 Å². The van der Waals surface area contributed by atoms with Crippen molar-refractivity contribution in [1.29, 1.82) is 0 Å². The highest BCUT2D eigenvalue weighted by molar-refractivity contribution is 6.22. The van der Waals surface area contributed by atoms with Crippen LogP contribution in [0.25, 0.3) is 0 Å². The van der Waals surface area contributed by atoms with Crippen molar-refractivity contribution in [2.24, 2.45) is 17.3 Å². The molecule has 1 fully saturated rings. The molecule has 180 valence electrons. The highest BCUT2D eigenvalue weighted by atomic mass is 35.5. The Kier molecular flexibility index (Phi) is 7.52. The normalized spacial score (nSPS) is 21.3. The summed E-state index contributed by atoms with van der Waals surface area (Å²) in [5.74, 6) is -32.2. The molecule has 0 unspecified atom stereocenters. The zero-order valence-corrected chi connectivity index (χ0v) is 16.9. The van der Waals surface area contributed by atoms with E-state index >= 15 is 0 Å². The molecule has 0 aromatic carbocycles. The first-order chi connectivity index (χ1) is 13.9. The lowest BCUT2D eigenvalue weighted by Gasteiger charge is -2.35. The molecule has 0 N–H and O–H groups in total. The van der Waals surface area contributed by atoms with E-state index in [0.29, 0.717) is 0 Å². The standard InChI is InChI=1S/C16H17ClF8O6/c1-4-29-9(26)7-8(12(7,10(27)30-5-2)11(28)31-6-3)13(18,19)14(20,21)15(22,23)16(17,24)25/h7-8H,4-6H2,1-3H3/t7-,8+/m0/s1. The monoisotopic (exact) mass is 492 g/mol. The number of alkyl halides is 9. The Labute approximate surface area is 175 Å². The van der Waals surface area contributed by atoms with Crippen molar-refractivity contribution in [3.8, 4) is 0 Å². The minimum absolute atomic E-state index is 0.554. The average Bonchev–Trinajstić information content (AvgIpc) is 3.33. The fraction of sp³-hybridized carbons (Fsp3) is 0.812. The van der Waals surface area contributed by atoms with Gasteiger partial charge in [-0.15, -0.1) is 0 Å². The van der Waals surface area contributed by atoms with Crippen molar-refractivity contribution in [3.63, 3.8) is 0 Å². The van der Waals surface area contributed by atoms with E-state index < -0.39 is 78.1 Å². The smallest absolute Gasteiger partial charge is 0.392 e. The van der Waals surface area contributed by atoms with E-state index in [2.05, 4.69) is 25.8 Å². The Bertz CT molecular complexity index is 705. The Balaban J connectivity index is 3.74. The van der Waals surface area contributed by atoms with Crippen LogP contribution in [0.1, 0.15) is 20.8 Å². The van der Waals surface area contributed by atoms with Crippen molar-refractivity contribution in [2.75, 3.05) is 19.8 Å². The summed E-state index contributed by atoms with van der Waals surface area (Å²) in [4.78, 5) is 36.7. The minimum atomic E-state index is -6.93. The van der Waals surface area contributed by atoms with E-state index in [4.69, 9.17) is 0 Å². The maximum absolute atomic E-state index is 14.7. The van der Waals surface area contributed by atoms with Crippen LogP contribution >= 0.6 is 11.6 Å². The summed E-state index contributed by atoms with van der Waals surface area (Å²) >= 11 is 3.91. The van der Waals surface area contributed by atoms with Crippen LogP contribution in [0, 0.1) is 17.3 Å². The Morgan fingerprint density at radius 3 is 1.48 bits per heavy atom. The molecule has 0 aliphatic heterocycles. The van der Waals surface area contributed by atoms with E-state index in [9.17, 15) is 49.5 Å². The van der Waals surface area contributed by atoms with Gasteiger partial charge in [-0.1, -0.05) is 0 Å². The molecule has 15 heteroatoms. The SMILES string of the molecule is CCOC(=O)[C@@H]1[C@@H](C(F)(F)C(F)(F)C(F)(F)C(F)(F)Cl)C1(C(=O)OCC)C(=O)OCC. The van der Waals surface area contributed by atoms with E-state index in [0.717, 1.165) is 20.8 Å². The van der Waals surface area contributed by atoms with Gasteiger partial charge in [-0.05, 0) is 32.4 Å². The van der Waals surface area contributed by atoms with Crippen LogP contribution in [0.4, 0.5) is 35.1 Å². The van der Waals surface area contributed by atoms with Gasteiger partial charge in [-0.2, -0.15) is 35.1 Å². The zero-order valence-electron chi connectivity index (χ0n) is 16.1. The molecule has 1 rings (SSSR count). The van der Waals surface area contributed by atoms with Crippen molar-refractivity contribution in [1.82, 2.24) is 0 Å². The van der Waals surface area contributed by atoms with Crippen LogP contribution in [0.15, 0.2) is 0 Å². The molecule has 0 amide bonds. The Morgan fingerprint density at radius 2 is 1.16 bits per heavy atom. The van der Waals surface area contributed by atoms with Crippen LogP contribution in [0.3, 0.4) is 0 Å². The molecule has 0 aromatic heterocycles. The van der Waals surface area contributed by atoms with Gasteiger partial charge in [-0.25, -0.2) is 0 Å². The second-order valence-corrected chi connectivity index (χ2v) is 6.76. The summed E-state index contributed by atoms with van der Waals surface area (Å²) in [5, 5.41) is -6.16. The molecule has 0 spiro atoms. The van der Waals surface area contributed by atoms with E-state index in [1.165, 1.54) is 0 Å². The van der Waals surface area contributed by atoms with E-state index in [1.807, 2.05) is 0 Å². The summed E-state index contributed by atoms with van der Waals surface area (Å²) in [6.45, 7) is 1.59. The van der Waals surface area contributed by atoms with Crippen LogP contribution < -0.4 is 0 Å². The number of esters is 3. The van der Waals surface area contributed by atoms with Crippen LogP contribution in [-0.4, -0.2) is 60.9 Å². The summed E-state index contributed by atoms with van der Waals surface area (Å²) in [6.07, 6.45) is 0. The molecular formula is C16H17ClF8O6. The maximum atomic E-state index is 14.7. The molecule has 1 aliphatic rings. The zero-order chi connectivity index (χ0) is 24.6. The van der Waals surface area contributed by atoms with Gasteiger partial charge in [0.25, 0.3) is 0 Å². The topological polar surface area (TPSA) is 78.9 Å². The average molecular weight is 493 g/mol. The third-order valence-electron chi connectivity index (χ3n) is 4.53. The molecule has 0 saturated heterocycles. The molecule has 0 bridgehead atoms. The van der Waals surface area contributed by atoms with Gasteiger partial charge in [0.15, 0.2) is 5.41 Å². The highest BCUT2D eigenvalue weighted by Crippen LogP contribution is 2.71. The molecule has 1 aliphatic carbocycles. The van der Waals surface area contributed by atoms with Gasteiger partial charge in [0.2, 0.25) is 0 Å². The largest absolute Gasteiger partial charge is 0.466 e. The van der Waals surface area contributed by atoms with Crippen molar-refractivity contribution in [3.05, 3.63) is 0 Å². The number of carbonyl (C=O) groups is 3.